The molecule has 1 aromatic heterocycles. The topological polar surface area (TPSA) is 21.3 Å². The molecule has 21 heavy (non-hydrogen) atoms. The number of nitrogens with one attached hydrogen (secondary N) is 1. The maximum absolute atomic E-state index is 12.1. The molecule has 0 radical (unpaired) electrons. The molecule has 1 N–H and O–H groups in total. The second-order valence-corrected chi connectivity index (χ2v) is 6.27. The number of hydrogen-bond donors (Lipinski definition) is 1. The minimum absolute atomic E-state index is 0.0268. The van der Waals surface area contributed by atoms with Crippen LogP contribution in [0.4, 0.5) is 13.2 Å². The molecule has 7 heteroatoms. The van der Waals surface area contributed by atoms with Gasteiger partial charge in [-0.25, -0.2) is 0 Å². The van der Waals surface area contributed by atoms with E-state index in [-0.39, 0.29) is 11.8 Å². The van der Waals surface area contributed by atoms with Gasteiger partial charge in [-0.1, -0.05) is 12.1 Å². The Kier molecular flexibility index (Phi) is 5.29. The summed E-state index contributed by atoms with van der Waals surface area (Å²) < 4.78 is 41.1. The van der Waals surface area contributed by atoms with Crippen molar-refractivity contribution in [1.82, 2.24) is 5.32 Å². The molecule has 0 aliphatic carbocycles. The van der Waals surface area contributed by atoms with Gasteiger partial charge in [0.2, 0.25) is 0 Å². The van der Waals surface area contributed by atoms with Gasteiger partial charge in [0.15, 0.2) is 0 Å². The fourth-order valence-corrected chi connectivity index (χ4v) is 3.22. The fraction of sp³-hybridized carbons (Fsp3) is 0.286. The quantitative estimate of drug-likeness (QED) is 0.764. The molecule has 2 rings (SSSR count). The van der Waals surface area contributed by atoms with Gasteiger partial charge in [-0.15, -0.1) is 24.5 Å². The lowest BCUT2D eigenvalue weighted by Crippen LogP contribution is -2.18. The predicted octanol–water partition coefficient (Wildman–Crippen LogP) is 5.26. The van der Waals surface area contributed by atoms with E-state index in [1.807, 2.05) is 18.4 Å². The molecular weight excluding hydrogens is 367 g/mol. The maximum Gasteiger partial charge on any atom is 0.573 e. The SMILES string of the molecule is CC(NCc1sccc1Br)c1ccc(OC(F)(F)F)cc1. The molecule has 2 aromatic rings. The van der Waals surface area contributed by atoms with Crippen molar-refractivity contribution in [3.63, 3.8) is 0 Å². The van der Waals surface area contributed by atoms with Crippen LogP contribution in [0.1, 0.15) is 23.4 Å². The minimum atomic E-state index is -4.66. The summed E-state index contributed by atoms with van der Waals surface area (Å²) in [7, 11) is 0. The number of rotatable bonds is 5. The van der Waals surface area contributed by atoms with E-state index in [1.165, 1.54) is 17.0 Å². The van der Waals surface area contributed by atoms with Crippen LogP contribution in [0.2, 0.25) is 0 Å². The lowest BCUT2D eigenvalue weighted by molar-refractivity contribution is -0.274. The molecule has 0 aliphatic rings. The van der Waals surface area contributed by atoms with Crippen LogP contribution in [0.5, 0.6) is 5.75 Å². The van der Waals surface area contributed by atoms with Gasteiger partial charge < -0.3 is 10.1 Å². The molecular formula is C14H13BrF3NOS. The van der Waals surface area contributed by atoms with Crippen LogP contribution in [0.3, 0.4) is 0 Å². The van der Waals surface area contributed by atoms with Crippen molar-refractivity contribution in [1.29, 1.82) is 0 Å². The molecule has 1 atom stereocenters. The number of thiophene rings is 1. The van der Waals surface area contributed by atoms with Crippen molar-refractivity contribution >= 4 is 27.3 Å². The molecule has 0 bridgehead atoms. The Bertz CT molecular complexity index is 583. The summed E-state index contributed by atoms with van der Waals surface area (Å²) in [5.74, 6) is -0.209. The normalized spacial score (nSPS) is 13.2. The lowest BCUT2D eigenvalue weighted by Gasteiger charge is -2.15. The van der Waals surface area contributed by atoms with Gasteiger partial charge in [-0.3, -0.25) is 0 Å². The lowest BCUT2D eigenvalue weighted by atomic mass is 10.1. The molecule has 114 valence electrons. The first-order valence-electron chi connectivity index (χ1n) is 6.16. The zero-order chi connectivity index (χ0) is 15.5. The van der Waals surface area contributed by atoms with Gasteiger partial charge in [-0.2, -0.15) is 0 Å². The highest BCUT2D eigenvalue weighted by atomic mass is 79.9. The first-order chi connectivity index (χ1) is 9.85. The van der Waals surface area contributed by atoms with Crippen molar-refractivity contribution in [2.45, 2.75) is 25.9 Å². The summed E-state index contributed by atoms with van der Waals surface area (Å²) in [5.41, 5.74) is 0.900. The van der Waals surface area contributed by atoms with E-state index in [0.29, 0.717) is 6.54 Å². The zero-order valence-electron chi connectivity index (χ0n) is 11.1. The standard InChI is InChI=1S/C14H13BrF3NOS/c1-9(19-8-13-12(15)6-7-21-13)10-2-4-11(5-3-10)20-14(16,17)18/h2-7,9,19H,8H2,1H3. The van der Waals surface area contributed by atoms with Crippen molar-refractivity contribution in [3.8, 4) is 5.75 Å². The van der Waals surface area contributed by atoms with Gasteiger partial charge >= 0.3 is 6.36 Å². The number of alkyl halides is 3. The Labute approximate surface area is 133 Å². The molecule has 0 aliphatic heterocycles. The van der Waals surface area contributed by atoms with Crippen molar-refractivity contribution in [2.24, 2.45) is 0 Å². The second kappa shape index (κ2) is 6.81. The van der Waals surface area contributed by atoms with E-state index in [0.717, 1.165) is 10.0 Å². The maximum atomic E-state index is 12.1. The van der Waals surface area contributed by atoms with Gasteiger partial charge in [-0.05, 0) is 52.0 Å². The average molecular weight is 380 g/mol. The Balaban J connectivity index is 1.93. The van der Waals surface area contributed by atoms with Crippen molar-refractivity contribution in [3.05, 3.63) is 50.6 Å². The third kappa shape index (κ3) is 5.01. The summed E-state index contributed by atoms with van der Waals surface area (Å²) in [5, 5.41) is 5.32. The van der Waals surface area contributed by atoms with E-state index >= 15 is 0 Å². The smallest absolute Gasteiger partial charge is 0.406 e. The fourth-order valence-electron chi connectivity index (χ4n) is 1.77. The van der Waals surface area contributed by atoms with Crippen LogP contribution in [0, 0.1) is 0 Å². The Morgan fingerprint density at radius 3 is 2.43 bits per heavy atom. The summed E-state index contributed by atoms with van der Waals surface area (Å²) in [4.78, 5) is 1.18. The second-order valence-electron chi connectivity index (χ2n) is 4.41. The predicted molar refractivity (Wildman–Crippen MR) is 80.4 cm³/mol. The molecule has 0 amide bonds. The third-order valence-electron chi connectivity index (χ3n) is 2.87. The number of halogens is 4. The molecule has 1 aromatic carbocycles. The van der Waals surface area contributed by atoms with Gasteiger partial charge in [0, 0.05) is 21.9 Å². The van der Waals surface area contributed by atoms with Crippen LogP contribution < -0.4 is 10.1 Å². The van der Waals surface area contributed by atoms with E-state index in [9.17, 15) is 13.2 Å². The Morgan fingerprint density at radius 2 is 1.90 bits per heavy atom. The molecule has 0 saturated carbocycles. The summed E-state index contributed by atoms with van der Waals surface area (Å²) >= 11 is 5.10. The zero-order valence-corrected chi connectivity index (χ0v) is 13.5. The highest BCUT2D eigenvalue weighted by molar-refractivity contribution is 9.10. The van der Waals surface area contributed by atoms with E-state index in [2.05, 4.69) is 26.0 Å². The molecule has 2 nitrogen and oxygen atoms in total. The largest absolute Gasteiger partial charge is 0.573 e. The van der Waals surface area contributed by atoms with Crippen LogP contribution >= 0.6 is 27.3 Å². The van der Waals surface area contributed by atoms with E-state index in [4.69, 9.17) is 0 Å². The van der Waals surface area contributed by atoms with Crippen LogP contribution in [0.25, 0.3) is 0 Å². The van der Waals surface area contributed by atoms with Crippen molar-refractivity contribution in [2.75, 3.05) is 0 Å². The highest BCUT2D eigenvalue weighted by Crippen LogP contribution is 2.26. The first kappa shape index (κ1) is 16.3. The number of benzene rings is 1. The average Bonchev–Trinajstić information content (AvgIpc) is 2.80. The summed E-state index contributed by atoms with van der Waals surface area (Å²) in [6, 6.07) is 7.91. The first-order valence-corrected chi connectivity index (χ1v) is 7.83. The summed E-state index contributed by atoms with van der Waals surface area (Å²) in [6.07, 6.45) is -4.66. The Hall–Kier alpha value is -1.05. The molecule has 0 fully saturated rings. The Morgan fingerprint density at radius 1 is 1.24 bits per heavy atom. The summed E-state index contributed by atoms with van der Waals surface area (Å²) in [6.45, 7) is 2.65. The van der Waals surface area contributed by atoms with Crippen LogP contribution in [-0.2, 0) is 6.54 Å². The van der Waals surface area contributed by atoms with Crippen LogP contribution in [0.15, 0.2) is 40.2 Å². The van der Waals surface area contributed by atoms with Crippen molar-refractivity contribution < 1.29 is 17.9 Å². The molecule has 1 heterocycles. The van der Waals surface area contributed by atoms with E-state index in [1.54, 1.807) is 23.5 Å². The minimum Gasteiger partial charge on any atom is -0.406 e. The van der Waals surface area contributed by atoms with Gasteiger partial charge in [0.05, 0.1) is 0 Å². The molecule has 1 unspecified atom stereocenters. The number of hydrogen-bond acceptors (Lipinski definition) is 3. The van der Waals surface area contributed by atoms with Gasteiger partial charge in [0.25, 0.3) is 0 Å². The molecule has 0 spiro atoms. The monoisotopic (exact) mass is 379 g/mol. The van der Waals surface area contributed by atoms with E-state index < -0.39 is 6.36 Å². The highest BCUT2D eigenvalue weighted by Gasteiger charge is 2.30. The third-order valence-corrected chi connectivity index (χ3v) is 4.80. The van der Waals surface area contributed by atoms with Gasteiger partial charge in [0.1, 0.15) is 5.75 Å². The number of ether oxygens (including phenoxy) is 1. The van der Waals surface area contributed by atoms with Crippen LogP contribution in [-0.4, -0.2) is 6.36 Å². The molecule has 0 saturated heterocycles.